The monoisotopic (exact) mass is 335 g/mol. The van der Waals surface area contributed by atoms with E-state index in [9.17, 15) is 8.78 Å². The van der Waals surface area contributed by atoms with Crippen molar-refractivity contribution in [3.8, 4) is 0 Å². The van der Waals surface area contributed by atoms with Gasteiger partial charge in [-0.25, -0.2) is 8.78 Å². The molecule has 1 aromatic rings. The first-order valence-corrected chi connectivity index (χ1v) is 7.03. The van der Waals surface area contributed by atoms with E-state index >= 15 is 0 Å². The molecule has 1 aromatic carbocycles. The van der Waals surface area contributed by atoms with E-state index in [2.05, 4.69) is 21.2 Å². The fourth-order valence-corrected chi connectivity index (χ4v) is 2.28. The van der Waals surface area contributed by atoms with Gasteiger partial charge in [0.15, 0.2) is 0 Å². The predicted octanol–water partition coefficient (Wildman–Crippen LogP) is 3.67. The Morgan fingerprint density at radius 3 is 2.53 bits per heavy atom. The zero-order valence-corrected chi connectivity index (χ0v) is 13.3. The molecule has 1 atom stereocenters. The van der Waals surface area contributed by atoms with Gasteiger partial charge in [0, 0.05) is 18.7 Å². The van der Waals surface area contributed by atoms with Gasteiger partial charge < -0.3 is 10.1 Å². The minimum atomic E-state index is -0.546. The van der Waals surface area contributed by atoms with E-state index < -0.39 is 17.2 Å². The lowest BCUT2D eigenvalue weighted by molar-refractivity contribution is -0.00998. The van der Waals surface area contributed by atoms with Crippen molar-refractivity contribution in [1.29, 1.82) is 0 Å². The van der Waals surface area contributed by atoms with Gasteiger partial charge in [0.1, 0.15) is 11.6 Å². The van der Waals surface area contributed by atoms with Crippen molar-refractivity contribution in [2.45, 2.75) is 38.8 Å². The SMILES string of the molecule is CCNC(Cc1c(F)ccc(Br)c1F)C(C)(C)OC. The molecular formula is C14H20BrF2NO. The largest absolute Gasteiger partial charge is 0.377 e. The van der Waals surface area contributed by atoms with Crippen molar-refractivity contribution in [2.75, 3.05) is 13.7 Å². The summed E-state index contributed by atoms with van der Waals surface area (Å²) < 4.78 is 33.5. The van der Waals surface area contributed by atoms with Gasteiger partial charge in [-0.1, -0.05) is 6.92 Å². The third-order valence-corrected chi connectivity index (χ3v) is 3.98. The highest BCUT2D eigenvalue weighted by Crippen LogP contribution is 2.25. The summed E-state index contributed by atoms with van der Waals surface area (Å²) in [6, 6.07) is 2.46. The molecule has 0 amide bonds. The molecule has 5 heteroatoms. The first kappa shape index (κ1) is 16.5. The first-order valence-electron chi connectivity index (χ1n) is 6.24. The normalized spacial score (nSPS) is 13.6. The highest BCUT2D eigenvalue weighted by molar-refractivity contribution is 9.10. The second kappa shape index (κ2) is 6.77. The van der Waals surface area contributed by atoms with Crippen molar-refractivity contribution in [2.24, 2.45) is 0 Å². The summed E-state index contributed by atoms with van der Waals surface area (Å²) in [6.45, 7) is 6.45. The third-order valence-electron chi connectivity index (χ3n) is 3.36. The minimum Gasteiger partial charge on any atom is -0.377 e. The van der Waals surface area contributed by atoms with E-state index in [4.69, 9.17) is 4.74 Å². The van der Waals surface area contributed by atoms with Gasteiger partial charge in [0.2, 0.25) is 0 Å². The number of hydrogen-bond acceptors (Lipinski definition) is 2. The van der Waals surface area contributed by atoms with Gasteiger partial charge in [0.25, 0.3) is 0 Å². The maximum atomic E-state index is 14.0. The van der Waals surface area contributed by atoms with Crippen LogP contribution in [0.4, 0.5) is 8.78 Å². The number of likely N-dealkylation sites (N-methyl/N-ethyl adjacent to an activating group) is 1. The Morgan fingerprint density at radius 2 is 2.00 bits per heavy atom. The predicted molar refractivity (Wildman–Crippen MR) is 76.3 cm³/mol. The summed E-state index contributed by atoms with van der Waals surface area (Å²) in [5, 5.41) is 3.22. The second-order valence-electron chi connectivity index (χ2n) is 4.94. The third kappa shape index (κ3) is 3.97. The van der Waals surface area contributed by atoms with Crippen LogP contribution >= 0.6 is 15.9 Å². The standard InChI is InChI=1S/C14H20BrF2NO/c1-5-18-12(14(2,3)19-4)8-9-11(16)7-6-10(15)13(9)17/h6-7,12,18H,5,8H2,1-4H3. The lowest BCUT2D eigenvalue weighted by Gasteiger charge is -2.34. The fraction of sp³-hybridized carbons (Fsp3) is 0.571. The van der Waals surface area contributed by atoms with Gasteiger partial charge in [-0.15, -0.1) is 0 Å². The van der Waals surface area contributed by atoms with Crippen LogP contribution in [0.1, 0.15) is 26.3 Å². The van der Waals surface area contributed by atoms with E-state index in [0.29, 0.717) is 6.54 Å². The Bertz CT molecular complexity index is 438. The van der Waals surface area contributed by atoms with E-state index in [1.165, 1.54) is 12.1 Å². The van der Waals surface area contributed by atoms with E-state index in [0.717, 1.165) is 0 Å². The zero-order valence-electron chi connectivity index (χ0n) is 11.7. The maximum Gasteiger partial charge on any atom is 0.143 e. The highest BCUT2D eigenvalue weighted by Gasteiger charge is 2.30. The molecule has 0 aromatic heterocycles. The number of benzene rings is 1. The molecule has 0 heterocycles. The topological polar surface area (TPSA) is 21.3 Å². The average molecular weight is 336 g/mol. The lowest BCUT2D eigenvalue weighted by atomic mass is 9.91. The highest BCUT2D eigenvalue weighted by atomic mass is 79.9. The summed E-state index contributed by atoms with van der Waals surface area (Å²) in [6.07, 6.45) is 0.228. The van der Waals surface area contributed by atoms with Gasteiger partial charge in [-0.2, -0.15) is 0 Å². The molecular weight excluding hydrogens is 316 g/mol. The Morgan fingerprint density at radius 1 is 1.37 bits per heavy atom. The number of ether oxygens (including phenoxy) is 1. The van der Waals surface area contributed by atoms with Crippen molar-refractivity contribution in [1.82, 2.24) is 5.32 Å². The van der Waals surface area contributed by atoms with Crippen molar-refractivity contribution >= 4 is 15.9 Å². The summed E-state index contributed by atoms with van der Waals surface area (Å²) in [5.41, 5.74) is -0.442. The molecule has 108 valence electrons. The van der Waals surface area contributed by atoms with Crippen LogP contribution in [0.2, 0.25) is 0 Å². The van der Waals surface area contributed by atoms with Crippen LogP contribution in [-0.4, -0.2) is 25.3 Å². The molecule has 0 saturated carbocycles. The smallest absolute Gasteiger partial charge is 0.143 e. The molecule has 1 N–H and O–H groups in total. The first-order chi connectivity index (χ1) is 8.83. The second-order valence-corrected chi connectivity index (χ2v) is 5.80. The Labute approximate surface area is 121 Å². The lowest BCUT2D eigenvalue weighted by Crippen LogP contribution is -2.49. The average Bonchev–Trinajstić information content (AvgIpc) is 2.37. The fourth-order valence-electron chi connectivity index (χ4n) is 1.91. The van der Waals surface area contributed by atoms with Crippen LogP contribution in [0.15, 0.2) is 16.6 Å². The summed E-state index contributed by atoms with van der Waals surface area (Å²) >= 11 is 3.08. The van der Waals surface area contributed by atoms with Crippen molar-refractivity contribution < 1.29 is 13.5 Å². The maximum absolute atomic E-state index is 14.0. The Balaban J connectivity index is 3.07. The molecule has 0 aliphatic rings. The molecule has 0 bridgehead atoms. The van der Waals surface area contributed by atoms with Crippen molar-refractivity contribution in [3.63, 3.8) is 0 Å². The molecule has 0 saturated heterocycles. The number of nitrogens with one attached hydrogen (secondary N) is 1. The van der Waals surface area contributed by atoms with Crippen LogP contribution in [-0.2, 0) is 11.2 Å². The Kier molecular flexibility index (Phi) is 5.89. The summed E-state index contributed by atoms with van der Waals surface area (Å²) in [7, 11) is 1.60. The van der Waals surface area contributed by atoms with Gasteiger partial charge in [0.05, 0.1) is 10.1 Å². The van der Waals surface area contributed by atoms with Crippen molar-refractivity contribution in [3.05, 3.63) is 33.8 Å². The molecule has 0 aliphatic carbocycles. The van der Waals surface area contributed by atoms with E-state index in [-0.39, 0.29) is 22.5 Å². The number of methoxy groups -OCH3 is 1. The molecule has 0 radical (unpaired) electrons. The molecule has 0 spiro atoms. The van der Waals surface area contributed by atoms with Crippen LogP contribution < -0.4 is 5.32 Å². The van der Waals surface area contributed by atoms with Crippen LogP contribution in [0, 0.1) is 11.6 Å². The van der Waals surface area contributed by atoms with Crippen LogP contribution in [0.5, 0.6) is 0 Å². The molecule has 2 nitrogen and oxygen atoms in total. The molecule has 1 rings (SSSR count). The molecule has 0 fully saturated rings. The summed E-state index contributed by atoms with van der Waals surface area (Å²) in [5.74, 6) is -1.08. The molecule has 0 aliphatic heterocycles. The zero-order chi connectivity index (χ0) is 14.6. The quantitative estimate of drug-likeness (QED) is 0.801. The van der Waals surface area contributed by atoms with E-state index in [1.807, 2.05) is 20.8 Å². The van der Waals surface area contributed by atoms with Crippen LogP contribution in [0.3, 0.4) is 0 Å². The van der Waals surface area contributed by atoms with Crippen LogP contribution in [0.25, 0.3) is 0 Å². The van der Waals surface area contributed by atoms with Gasteiger partial charge in [-0.05, 0) is 54.9 Å². The van der Waals surface area contributed by atoms with E-state index in [1.54, 1.807) is 7.11 Å². The Hall–Kier alpha value is -0.520. The summed E-state index contributed by atoms with van der Waals surface area (Å²) in [4.78, 5) is 0. The number of halogens is 3. The van der Waals surface area contributed by atoms with Gasteiger partial charge in [-0.3, -0.25) is 0 Å². The number of hydrogen-bond donors (Lipinski definition) is 1. The van der Waals surface area contributed by atoms with Gasteiger partial charge >= 0.3 is 0 Å². The molecule has 1 unspecified atom stereocenters. The molecule has 19 heavy (non-hydrogen) atoms. The minimum absolute atomic E-state index is 0.0745. The number of rotatable bonds is 6.